The van der Waals surface area contributed by atoms with E-state index in [1.807, 2.05) is 47.3 Å². The molecule has 1 unspecified atom stereocenters. The van der Waals surface area contributed by atoms with Crippen LogP contribution in [0.15, 0.2) is 54.7 Å². The van der Waals surface area contributed by atoms with Crippen molar-refractivity contribution in [1.29, 1.82) is 0 Å². The highest BCUT2D eigenvalue weighted by Gasteiger charge is 2.11. The predicted octanol–water partition coefficient (Wildman–Crippen LogP) is 3.72. The highest BCUT2D eigenvalue weighted by molar-refractivity contribution is 5.78. The molecular weight excluding hydrogens is 260 g/mol. The Morgan fingerprint density at radius 2 is 1.86 bits per heavy atom. The highest BCUT2D eigenvalue weighted by Crippen LogP contribution is 2.19. The molecule has 0 aliphatic carbocycles. The zero-order chi connectivity index (χ0) is 14.7. The monoisotopic (exact) mass is 280 g/mol. The SMILES string of the molecule is CCCc1ccc(C(O)Cn2ncc3ccccc32)cc1. The smallest absolute Gasteiger partial charge is 0.0986 e. The van der Waals surface area contributed by atoms with Crippen molar-refractivity contribution in [1.82, 2.24) is 9.78 Å². The van der Waals surface area contributed by atoms with Crippen LogP contribution in [0.4, 0.5) is 0 Å². The first-order valence-corrected chi connectivity index (χ1v) is 7.45. The van der Waals surface area contributed by atoms with E-state index in [2.05, 4.69) is 24.2 Å². The predicted molar refractivity (Wildman–Crippen MR) is 85.1 cm³/mol. The second-order valence-electron chi connectivity index (χ2n) is 5.39. The molecule has 3 aromatic rings. The first-order chi connectivity index (χ1) is 10.3. The van der Waals surface area contributed by atoms with Crippen molar-refractivity contribution in [3.05, 3.63) is 65.9 Å². The number of aromatic nitrogens is 2. The van der Waals surface area contributed by atoms with Gasteiger partial charge in [0.25, 0.3) is 0 Å². The van der Waals surface area contributed by atoms with Gasteiger partial charge >= 0.3 is 0 Å². The van der Waals surface area contributed by atoms with Crippen molar-refractivity contribution < 1.29 is 5.11 Å². The molecule has 3 heteroatoms. The topological polar surface area (TPSA) is 38.0 Å². The van der Waals surface area contributed by atoms with Crippen molar-refractivity contribution in [3.63, 3.8) is 0 Å². The number of fused-ring (bicyclic) bond motifs is 1. The van der Waals surface area contributed by atoms with Crippen molar-refractivity contribution in [3.8, 4) is 0 Å². The van der Waals surface area contributed by atoms with Gasteiger partial charge in [0, 0.05) is 5.39 Å². The van der Waals surface area contributed by atoms with Gasteiger partial charge in [-0.25, -0.2) is 0 Å². The fourth-order valence-corrected chi connectivity index (χ4v) is 2.64. The second kappa shape index (κ2) is 6.10. The molecule has 3 nitrogen and oxygen atoms in total. The Hall–Kier alpha value is -2.13. The Kier molecular flexibility index (Phi) is 4.02. The fourth-order valence-electron chi connectivity index (χ4n) is 2.64. The Balaban J connectivity index is 1.77. The van der Waals surface area contributed by atoms with Gasteiger partial charge in [0.15, 0.2) is 0 Å². The lowest BCUT2D eigenvalue weighted by Gasteiger charge is -2.12. The third kappa shape index (κ3) is 2.98. The van der Waals surface area contributed by atoms with Crippen LogP contribution in [0.5, 0.6) is 0 Å². The third-order valence-electron chi connectivity index (χ3n) is 3.80. The number of rotatable bonds is 5. The molecule has 0 saturated carbocycles. The van der Waals surface area contributed by atoms with Gasteiger partial charge in [-0.2, -0.15) is 5.10 Å². The average Bonchev–Trinajstić information content (AvgIpc) is 2.92. The molecule has 2 aromatic carbocycles. The summed E-state index contributed by atoms with van der Waals surface area (Å²) in [5.74, 6) is 0. The summed E-state index contributed by atoms with van der Waals surface area (Å²) in [6.07, 6.45) is 3.53. The molecule has 108 valence electrons. The Morgan fingerprint density at radius 1 is 1.10 bits per heavy atom. The summed E-state index contributed by atoms with van der Waals surface area (Å²) in [6, 6.07) is 16.3. The lowest BCUT2D eigenvalue weighted by Crippen LogP contribution is -2.09. The zero-order valence-electron chi connectivity index (χ0n) is 12.2. The van der Waals surface area contributed by atoms with Crippen LogP contribution in [0.25, 0.3) is 10.9 Å². The van der Waals surface area contributed by atoms with E-state index < -0.39 is 6.10 Å². The number of hydrogen-bond donors (Lipinski definition) is 1. The van der Waals surface area contributed by atoms with E-state index in [-0.39, 0.29) is 0 Å². The molecule has 1 N–H and O–H groups in total. The highest BCUT2D eigenvalue weighted by atomic mass is 16.3. The van der Waals surface area contributed by atoms with Gasteiger partial charge in [-0.3, -0.25) is 4.68 Å². The van der Waals surface area contributed by atoms with E-state index in [1.165, 1.54) is 5.56 Å². The first-order valence-electron chi connectivity index (χ1n) is 7.45. The van der Waals surface area contributed by atoms with Crippen LogP contribution in [0.2, 0.25) is 0 Å². The van der Waals surface area contributed by atoms with Gasteiger partial charge in [-0.05, 0) is 23.6 Å². The molecule has 0 radical (unpaired) electrons. The van der Waals surface area contributed by atoms with Crippen LogP contribution in [0.3, 0.4) is 0 Å². The van der Waals surface area contributed by atoms with Crippen LogP contribution < -0.4 is 0 Å². The van der Waals surface area contributed by atoms with E-state index >= 15 is 0 Å². The second-order valence-corrected chi connectivity index (χ2v) is 5.39. The molecular formula is C18H20N2O. The lowest BCUT2D eigenvalue weighted by atomic mass is 10.0. The normalized spacial score (nSPS) is 12.7. The molecule has 0 fully saturated rings. The van der Waals surface area contributed by atoms with E-state index in [9.17, 15) is 5.11 Å². The number of hydrogen-bond acceptors (Lipinski definition) is 2. The Bertz CT molecular complexity index is 715. The molecule has 21 heavy (non-hydrogen) atoms. The van der Waals surface area contributed by atoms with Crippen LogP contribution in [0, 0.1) is 0 Å². The molecule has 0 aliphatic rings. The molecule has 0 bridgehead atoms. The molecule has 0 saturated heterocycles. The minimum Gasteiger partial charge on any atom is -0.386 e. The number of benzene rings is 2. The van der Waals surface area contributed by atoms with Crippen LogP contribution in [-0.2, 0) is 13.0 Å². The molecule has 1 atom stereocenters. The summed E-state index contributed by atoms with van der Waals surface area (Å²) in [6.45, 7) is 2.65. The van der Waals surface area contributed by atoms with E-state index in [4.69, 9.17) is 0 Å². The fraction of sp³-hybridized carbons (Fsp3) is 0.278. The summed E-state index contributed by atoms with van der Waals surface area (Å²) >= 11 is 0. The largest absolute Gasteiger partial charge is 0.386 e. The minimum absolute atomic E-state index is 0.473. The maximum absolute atomic E-state index is 10.4. The number of aliphatic hydroxyl groups is 1. The summed E-state index contributed by atoms with van der Waals surface area (Å²) in [4.78, 5) is 0. The summed E-state index contributed by atoms with van der Waals surface area (Å²) in [5, 5.41) is 15.9. The van der Waals surface area contributed by atoms with E-state index in [1.54, 1.807) is 0 Å². The molecule has 3 rings (SSSR count). The third-order valence-corrected chi connectivity index (χ3v) is 3.80. The van der Waals surface area contributed by atoms with Crippen molar-refractivity contribution in [2.24, 2.45) is 0 Å². The van der Waals surface area contributed by atoms with Crippen molar-refractivity contribution in [2.45, 2.75) is 32.4 Å². The first kappa shape index (κ1) is 13.8. The lowest BCUT2D eigenvalue weighted by molar-refractivity contribution is 0.153. The number of para-hydroxylation sites is 1. The van der Waals surface area contributed by atoms with Crippen molar-refractivity contribution in [2.75, 3.05) is 0 Å². The van der Waals surface area contributed by atoms with Crippen molar-refractivity contribution >= 4 is 10.9 Å². The summed E-state index contributed by atoms with van der Waals surface area (Å²) in [5.41, 5.74) is 3.31. The van der Waals surface area contributed by atoms with Crippen LogP contribution in [-0.4, -0.2) is 14.9 Å². The number of nitrogens with zero attached hydrogens (tertiary/aromatic N) is 2. The maximum atomic E-state index is 10.4. The standard InChI is InChI=1S/C18H20N2O/c1-2-5-14-8-10-15(11-9-14)18(21)13-20-17-7-4-3-6-16(17)12-19-20/h3-4,6-12,18,21H,2,5,13H2,1H3. The van der Waals surface area contributed by atoms with Gasteiger partial charge in [-0.15, -0.1) is 0 Å². The van der Waals surface area contributed by atoms with Gasteiger partial charge in [0.05, 0.1) is 24.4 Å². The Labute approximate surface area is 124 Å². The van der Waals surface area contributed by atoms with E-state index in [0.717, 1.165) is 29.3 Å². The van der Waals surface area contributed by atoms with Gasteiger partial charge < -0.3 is 5.11 Å². The summed E-state index contributed by atoms with van der Waals surface area (Å²) in [7, 11) is 0. The molecule has 0 spiro atoms. The summed E-state index contributed by atoms with van der Waals surface area (Å²) < 4.78 is 1.86. The Morgan fingerprint density at radius 3 is 2.62 bits per heavy atom. The molecule has 0 amide bonds. The molecule has 1 aromatic heterocycles. The average molecular weight is 280 g/mol. The van der Waals surface area contributed by atoms with Gasteiger partial charge in [0.1, 0.15) is 0 Å². The van der Waals surface area contributed by atoms with Gasteiger partial charge in [-0.1, -0.05) is 55.8 Å². The van der Waals surface area contributed by atoms with Crippen LogP contribution >= 0.6 is 0 Å². The number of aliphatic hydroxyl groups excluding tert-OH is 1. The van der Waals surface area contributed by atoms with E-state index in [0.29, 0.717) is 6.54 Å². The van der Waals surface area contributed by atoms with Crippen LogP contribution in [0.1, 0.15) is 30.6 Å². The van der Waals surface area contributed by atoms with Gasteiger partial charge in [0.2, 0.25) is 0 Å². The molecule has 0 aliphatic heterocycles. The number of aryl methyl sites for hydroxylation is 1. The minimum atomic E-state index is -0.538. The quantitative estimate of drug-likeness (QED) is 0.773. The zero-order valence-corrected chi connectivity index (χ0v) is 12.2. The maximum Gasteiger partial charge on any atom is 0.0986 e. The molecule has 1 heterocycles.